The van der Waals surface area contributed by atoms with Crippen molar-refractivity contribution in [2.24, 2.45) is 5.92 Å². The number of hydrogen-bond donors (Lipinski definition) is 0. The van der Waals surface area contributed by atoms with Crippen LogP contribution in [0.25, 0.3) is 11.3 Å². The summed E-state index contributed by atoms with van der Waals surface area (Å²) in [6.45, 7) is 1.20. The van der Waals surface area contributed by atoms with Gasteiger partial charge in [0, 0.05) is 18.6 Å². The van der Waals surface area contributed by atoms with Gasteiger partial charge in [-0.15, -0.1) is 0 Å². The van der Waals surface area contributed by atoms with Gasteiger partial charge in [-0.2, -0.15) is 0 Å². The Balaban J connectivity index is 1.83. The number of imidazole rings is 1. The highest BCUT2D eigenvalue weighted by Gasteiger charge is 2.38. The number of carbonyl (C=O) groups is 1. The summed E-state index contributed by atoms with van der Waals surface area (Å²) in [7, 11) is 0. The van der Waals surface area contributed by atoms with Crippen LogP contribution in [-0.4, -0.2) is 28.5 Å². The number of aromatic nitrogens is 2. The van der Waals surface area contributed by atoms with E-state index in [1.807, 2.05) is 24.7 Å². The van der Waals surface area contributed by atoms with E-state index in [-0.39, 0.29) is 12.0 Å². The molecule has 0 aliphatic carbocycles. The molecule has 1 fully saturated rings. The standard InChI is InChI=1S/C16H16N2O2/c19-15-6-3-7-20-9-13(15)16-12-5-2-1-4-11(12)14-8-17-10-18(14)16/h1-2,4-5,8,10,13,16H,3,6-7,9H2. The normalized spacial score (nSPS) is 25.1. The number of fused-ring (bicyclic) bond motifs is 3. The molecule has 102 valence electrons. The first-order valence-electron chi connectivity index (χ1n) is 7.08. The van der Waals surface area contributed by atoms with Crippen molar-refractivity contribution in [2.45, 2.75) is 18.9 Å². The van der Waals surface area contributed by atoms with Gasteiger partial charge in [-0.05, 0) is 12.0 Å². The van der Waals surface area contributed by atoms with Crippen molar-refractivity contribution in [3.8, 4) is 11.3 Å². The minimum absolute atomic E-state index is 0.0364. The molecule has 4 nitrogen and oxygen atoms in total. The molecule has 2 aromatic rings. The number of ether oxygens (including phenoxy) is 1. The van der Waals surface area contributed by atoms with E-state index in [9.17, 15) is 4.79 Å². The van der Waals surface area contributed by atoms with Crippen molar-refractivity contribution in [1.82, 2.24) is 9.55 Å². The van der Waals surface area contributed by atoms with E-state index in [0.29, 0.717) is 25.4 Å². The summed E-state index contributed by atoms with van der Waals surface area (Å²) in [5.74, 6) is 0.206. The van der Waals surface area contributed by atoms with Gasteiger partial charge in [0.05, 0.1) is 36.8 Å². The number of nitrogens with zero attached hydrogens (tertiary/aromatic N) is 2. The lowest BCUT2D eigenvalue weighted by atomic mass is 9.88. The van der Waals surface area contributed by atoms with Crippen LogP contribution in [-0.2, 0) is 9.53 Å². The van der Waals surface area contributed by atoms with Gasteiger partial charge in [0.1, 0.15) is 5.78 Å². The van der Waals surface area contributed by atoms with Gasteiger partial charge in [0.15, 0.2) is 0 Å². The molecule has 4 heteroatoms. The van der Waals surface area contributed by atoms with E-state index in [2.05, 4.69) is 21.7 Å². The molecule has 1 aromatic carbocycles. The number of rotatable bonds is 1. The van der Waals surface area contributed by atoms with Crippen LogP contribution in [0, 0.1) is 5.92 Å². The van der Waals surface area contributed by atoms with Crippen LogP contribution in [0.2, 0.25) is 0 Å². The van der Waals surface area contributed by atoms with Crippen LogP contribution in [0.1, 0.15) is 24.4 Å². The van der Waals surface area contributed by atoms with E-state index in [0.717, 1.165) is 12.1 Å². The third kappa shape index (κ3) is 1.64. The Bertz CT molecular complexity index is 662. The summed E-state index contributed by atoms with van der Waals surface area (Å²) in [5, 5.41) is 0. The average molecular weight is 268 g/mol. The van der Waals surface area contributed by atoms with Crippen LogP contribution < -0.4 is 0 Å². The molecular weight excluding hydrogens is 252 g/mol. The van der Waals surface area contributed by atoms with Gasteiger partial charge in [-0.3, -0.25) is 4.79 Å². The predicted octanol–water partition coefficient (Wildman–Crippen LogP) is 2.45. The molecular formula is C16H16N2O2. The topological polar surface area (TPSA) is 44.1 Å². The van der Waals surface area contributed by atoms with Crippen LogP contribution in [0.15, 0.2) is 36.8 Å². The monoisotopic (exact) mass is 268 g/mol. The van der Waals surface area contributed by atoms with E-state index in [4.69, 9.17) is 4.74 Å². The van der Waals surface area contributed by atoms with Gasteiger partial charge in [0.25, 0.3) is 0 Å². The molecule has 1 aromatic heterocycles. The number of ketones is 1. The van der Waals surface area contributed by atoms with Gasteiger partial charge in [-0.1, -0.05) is 24.3 Å². The molecule has 4 rings (SSSR count). The Kier molecular flexibility index (Phi) is 2.70. The van der Waals surface area contributed by atoms with E-state index >= 15 is 0 Å². The molecule has 2 aliphatic heterocycles. The lowest BCUT2D eigenvalue weighted by Crippen LogP contribution is -2.28. The second kappa shape index (κ2) is 4.56. The first-order valence-corrected chi connectivity index (χ1v) is 7.08. The van der Waals surface area contributed by atoms with Crippen molar-refractivity contribution in [3.63, 3.8) is 0 Å². The zero-order valence-corrected chi connectivity index (χ0v) is 11.2. The molecule has 3 heterocycles. The highest BCUT2D eigenvalue weighted by Crippen LogP contribution is 2.43. The summed E-state index contributed by atoms with van der Waals surface area (Å²) < 4.78 is 7.77. The Hall–Kier alpha value is -1.94. The molecule has 2 aliphatic rings. The first kappa shape index (κ1) is 11.9. The molecule has 0 bridgehead atoms. The van der Waals surface area contributed by atoms with Crippen LogP contribution in [0.5, 0.6) is 0 Å². The third-order valence-corrected chi connectivity index (χ3v) is 4.33. The lowest BCUT2D eigenvalue weighted by Gasteiger charge is -2.23. The molecule has 0 spiro atoms. The summed E-state index contributed by atoms with van der Waals surface area (Å²) in [5.41, 5.74) is 3.50. The quantitative estimate of drug-likeness (QED) is 0.798. The Morgan fingerprint density at radius 1 is 1.30 bits per heavy atom. The SMILES string of the molecule is O=C1CCCOCC1C1c2ccccc2-c2cncn21. The molecule has 0 radical (unpaired) electrons. The van der Waals surface area contributed by atoms with Crippen LogP contribution in [0.4, 0.5) is 0 Å². The van der Waals surface area contributed by atoms with Crippen molar-refractivity contribution in [1.29, 1.82) is 0 Å². The zero-order chi connectivity index (χ0) is 13.5. The van der Waals surface area contributed by atoms with Crippen LogP contribution >= 0.6 is 0 Å². The maximum atomic E-state index is 12.4. The summed E-state index contributed by atoms with van der Waals surface area (Å²) in [6, 6.07) is 8.32. The maximum Gasteiger partial charge on any atom is 0.140 e. The highest BCUT2D eigenvalue weighted by atomic mass is 16.5. The van der Waals surface area contributed by atoms with Crippen molar-refractivity contribution >= 4 is 5.78 Å². The van der Waals surface area contributed by atoms with Crippen LogP contribution in [0.3, 0.4) is 0 Å². The summed E-state index contributed by atoms with van der Waals surface area (Å²) in [4.78, 5) is 16.7. The van der Waals surface area contributed by atoms with E-state index < -0.39 is 0 Å². The van der Waals surface area contributed by atoms with Gasteiger partial charge >= 0.3 is 0 Å². The Morgan fingerprint density at radius 3 is 3.15 bits per heavy atom. The molecule has 2 atom stereocenters. The largest absolute Gasteiger partial charge is 0.381 e. The predicted molar refractivity (Wildman–Crippen MR) is 74.4 cm³/mol. The molecule has 0 amide bonds. The highest BCUT2D eigenvalue weighted by molar-refractivity contribution is 5.84. The lowest BCUT2D eigenvalue weighted by molar-refractivity contribution is -0.124. The van der Waals surface area contributed by atoms with Gasteiger partial charge in [-0.25, -0.2) is 4.98 Å². The fourth-order valence-corrected chi connectivity index (χ4v) is 3.39. The number of Topliss-reactive ketones (excluding diaryl/α,β-unsaturated/α-hetero) is 1. The van der Waals surface area contributed by atoms with Crippen molar-refractivity contribution < 1.29 is 9.53 Å². The second-order valence-electron chi connectivity index (χ2n) is 5.47. The molecule has 1 saturated heterocycles. The fourth-order valence-electron chi connectivity index (χ4n) is 3.39. The van der Waals surface area contributed by atoms with Crippen molar-refractivity contribution in [3.05, 3.63) is 42.4 Å². The number of benzene rings is 1. The van der Waals surface area contributed by atoms with Gasteiger partial charge < -0.3 is 9.30 Å². The van der Waals surface area contributed by atoms with Crippen molar-refractivity contribution in [2.75, 3.05) is 13.2 Å². The summed E-state index contributed by atoms with van der Waals surface area (Å²) in [6.07, 6.45) is 5.16. The molecule has 0 saturated carbocycles. The average Bonchev–Trinajstić information content (AvgIpc) is 2.97. The molecule has 20 heavy (non-hydrogen) atoms. The number of carbonyl (C=O) groups excluding carboxylic acids is 1. The number of hydrogen-bond acceptors (Lipinski definition) is 3. The summed E-state index contributed by atoms with van der Waals surface area (Å²) >= 11 is 0. The first-order chi connectivity index (χ1) is 9.86. The molecule has 2 unspecified atom stereocenters. The minimum Gasteiger partial charge on any atom is -0.381 e. The fraction of sp³-hybridized carbons (Fsp3) is 0.375. The molecule has 0 N–H and O–H groups in total. The second-order valence-corrected chi connectivity index (χ2v) is 5.47. The van der Waals surface area contributed by atoms with E-state index in [1.54, 1.807) is 0 Å². The Morgan fingerprint density at radius 2 is 2.20 bits per heavy atom. The third-order valence-electron chi connectivity index (χ3n) is 4.33. The van der Waals surface area contributed by atoms with E-state index in [1.165, 1.54) is 11.1 Å². The zero-order valence-electron chi connectivity index (χ0n) is 11.2. The minimum atomic E-state index is -0.103. The smallest absolute Gasteiger partial charge is 0.140 e. The Labute approximate surface area is 117 Å². The van der Waals surface area contributed by atoms with Gasteiger partial charge in [0.2, 0.25) is 0 Å². The maximum absolute atomic E-state index is 12.4.